The second-order valence-electron chi connectivity index (χ2n) is 8.63. The maximum Gasteiger partial charge on any atom is 0.159 e. The molecule has 6 aromatic rings. The molecule has 2 N–H and O–H groups in total. The van der Waals surface area contributed by atoms with E-state index >= 15 is 4.39 Å². The summed E-state index contributed by atoms with van der Waals surface area (Å²) in [5.74, 6) is 0.219. The Kier molecular flexibility index (Phi) is 5.04. The minimum atomic E-state index is -0.345. The molecule has 8 nitrogen and oxygen atoms in total. The number of aromatic amines is 2. The molecule has 0 aliphatic carbocycles. The molecule has 35 heavy (non-hydrogen) atoms. The molecule has 0 bridgehead atoms. The van der Waals surface area contributed by atoms with Crippen LogP contribution < -0.4 is 0 Å². The number of fused-ring (bicyclic) bond motifs is 2. The number of hydrogen-bond acceptors (Lipinski definition) is 6. The predicted octanol–water partition coefficient (Wildman–Crippen LogP) is 4.83. The zero-order chi connectivity index (χ0) is 23.9. The van der Waals surface area contributed by atoms with E-state index in [-0.39, 0.29) is 5.82 Å². The summed E-state index contributed by atoms with van der Waals surface area (Å²) in [6.45, 7) is 0.716. The van der Waals surface area contributed by atoms with Gasteiger partial charge in [0.05, 0.1) is 16.7 Å². The summed E-state index contributed by atoms with van der Waals surface area (Å²) >= 11 is 0. The number of nitrogens with one attached hydrogen (secondary N) is 2. The van der Waals surface area contributed by atoms with E-state index in [9.17, 15) is 0 Å². The number of aromatic nitrogens is 7. The predicted molar refractivity (Wildman–Crippen MR) is 133 cm³/mol. The molecule has 0 fully saturated rings. The fraction of sp³-hybridized carbons (Fsp3) is 0.115. The van der Waals surface area contributed by atoms with Crippen molar-refractivity contribution >= 4 is 21.9 Å². The number of imidazole rings is 1. The van der Waals surface area contributed by atoms with Crippen molar-refractivity contribution in [2.24, 2.45) is 0 Å². The van der Waals surface area contributed by atoms with Crippen LogP contribution in [-0.4, -0.2) is 54.1 Å². The highest BCUT2D eigenvalue weighted by molar-refractivity contribution is 5.97. The molecule has 172 valence electrons. The number of hydrogen-bond donors (Lipinski definition) is 2. The highest BCUT2D eigenvalue weighted by Crippen LogP contribution is 2.33. The SMILES string of the molecule is CN(C)Cc1cncc(-c2cc3c(-c4nc5c(-c6ccccn6)nccc5[nH]4)n[nH]c3cc2F)c1. The molecule has 0 aliphatic rings. The summed E-state index contributed by atoms with van der Waals surface area (Å²) in [5.41, 5.74) is 6.28. The van der Waals surface area contributed by atoms with Gasteiger partial charge in [-0.25, -0.2) is 9.37 Å². The van der Waals surface area contributed by atoms with Crippen LogP contribution in [0.1, 0.15) is 5.56 Å². The lowest BCUT2D eigenvalue weighted by molar-refractivity contribution is 0.402. The van der Waals surface area contributed by atoms with Gasteiger partial charge in [-0.3, -0.25) is 20.1 Å². The van der Waals surface area contributed by atoms with Crippen LogP contribution in [0.25, 0.3) is 56.0 Å². The molecule has 0 aliphatic heterocycles. The number of benzene rings is 1. The third kappa shape index (κ3) is 3.81. The molecule has 9 heteroatoms. The topological polar surface area (TPSA) is 99.3 Å². The van der Waals surface area contributed by atoms with Crippen molar-refractivity contribution in [2.45, 2.75) is 6.54 Å². The molecule has 5 heterocycles. The Labute approximate surface area is 199 Å². The highest BCUT2D eigenvalue weighted by Gasteiger charge is 2.18. The van der Waals surface area contributed by atoms with E-state index in [4.69, 9.17) is 4.98 Å². The van der Waals surface area contributed by atoms with Crippen LogP contribution in [0.5, 0.6) is 0 Å². The van der Waals surface area contributed by atoms with Gasteiger partial charge in [0.2, 0.25) is 0 Å². The second-order valence-corrected chi connectivity index (χ2v) is 8.63. The van der Waals surface area contributed by atoms with E-state index in [1.54, 1.807) is 30.9 Å². The molecule has 0 spiro atoms. The van der Waals surface area contributed by atoms with Crippen molar-refractivity contribution in [3.8, 4) is 34.0 Å². The summed E-state index contributed by atoms with van der Waals surface area (Å²) in [6.07, 6.45) is 6.92. The molecular formula is C26H21FN8. The van der Waals surface area contributed by atoms with Crippen molar-refractivity contribution in [2.75, 3.05) is 14.1 Å². The van der Waals surface area contributed by atoms with Crippen molar-refractivity contribution in [3.05, 3.63) is 78.6 Å². The molecule has 0 saturated heterocycles. The first-order valence-corrected chi connectivity index (χ1v) is 11.1. The number of rotatable bonds is 5. The molecule has 0 amide bonds. The molecule has 0 saturated carbocycles. The Morgan fingerprint density at radius 2 is 1.86 bits per heavy atom. The maximum atomic E-state index is 15.1. The van der Waals surface area contributed by atoms with Gasteiger partial charge in [-0.05, 0) is 50.0 Å². The Morgan fingerprint density at radius 1 is 0.943 bits per heavy atom. The van der Waals surface area contributed by atoms with Crippen molar-refractivity contribution in [1.82, 2.24) is 40.0 Å². The van der Waals surface area contributed by atoms with Crippen LogP contribution in [0, 0.1) is 5.82 Å². The van der Waals surface area contributed by atoms with E-state index < -0.39 is 0 Å². The summed E-state index contributed by atoms with van der Waals surface area (Å²) in [5, 5.41) is 8.14. The fourth-order valence-corrected chi connectivity index (χ4v) is 4.26. The van der Waals surface area contributed by atoms with Crippen molar-refractivity contribution in [1.29, 1.82) is 0 Å². The first-order valence-electron chi connectivity index (χ1n) is 11.1. The third-order valence-electron chi connectivity index (χ3n) is 5.79. The van der Waals surface area contributed by atoms with E-state index in [0.717, 1.165) is 22.2 Å². The molecule has 0 radical (unpaired) electrons. The zero-order valence-electron chi connectivity index (χ0n) is 19.1. The zero-order valence-corrected chi connectivity index (χ0v) is 19.1. The van der Waals surface area contributed by atoms with E-state index in [2.05, 4.69) is 30.1 Å². The van der Waals surface area contributed by atoms with E-state index in [1.807, 2.05) is 49.3 Å². The average Bonchev–Trinajstić information content (AvgIpc) is 3.47. The fourth-order valence-electron chi connectivity index (χ4n) is 4.26. The normalized spacial score (nSPS) is 11.7. The number of nitrogens with zero attached hydrogens (tertiary/aromatic N) is 6. The van der Waals surface area contributed by atoms with Crippen LogP contribution in [0.15, 0.2) is 67.3 Å². The summed E-state index contributed by atoms with van der Waals surface area (Å²) < 4.78 is 15.1. The first-order chi connectivity index (χ1) is 17.1. The molecule has 6 rings (SSSR count). The van der Waals surface area contributed by atoms with Gasteiger partial charge in [-0.2, -0.15) is 5.10 Å². The smallest absolute Gasteiger partial charge is 0.159 e. The number of halogens is 1. The lowest BCUT2D eigenvalue weighted by Crippen LogP contribution is -2.10. The van der Waals surface area contributed by atoms with Crippen molar-refractivity contribution < 1.29 is 4.39 Å². The Bertz CT molecular complexity index is 1670. The Morgan fingerprint density at radius 3 is 2.69 bits per heavy atom. The second kappa shape index (κ2) is 8.37. The largest absolute Gasteiger partial charge is 0.336 e. The molecule has 1 aromatic carbocycles. The van der Waals surface area contributed by atoms with Crippen molar-refractivity contribution in [3.63, 3.8) is 0 Å². The van der Waals surface area contributed by atoms with Crippen LogP contribution in [0.2, 0.25) is 0 Å². The van der Waals surface area contributed by atoms with Crippen LogP contribution >= 0.6 is 0 Å². The Balaban J connectivity index is 1.48. The van der Waals surface area contributed by atoms with Gasteiger partial charge < -0.3 is 9.88 Å². The molecular weight excluding hydrogens is 443 g/mol. The van der Waals surface area contributed by atoms with Crippen LogP contribution in [0.3, 0.4) is 0 Å². The summed E-state index contributed by atoms with van der Waals surface area (Å²) in [6, 6.07) is 12.7. The highest BCUT2D eigenvalue weighted by atomic mass is 19.1. The van der Waals surface area contributed by atoms with Gasteiger partial charge in [0.1, 0.15) is 22.7 Å². The average molecular weight is 465 g/mol. The van der Waals surface area contributed by atoms with E-state index in [1.165, 1.54) is 6.07 Å². The Hall–Kier alpha value is -4.50. The lowest BCUT2D eigenvalue weighted by Gasteiger charge is -2.11. The minimum Gasteiger partial charge on any atom is -0.336 e. The lowest BCUT2D eigenvalue weighted by atomic mass is 10.0. The molecule has 0 unspecified atom stereocenters. The molecule has 0 atom stereocenters. The van der Waals surface area contributed by atoms with Gasteiger partial charge in [0, 0.05) is 53.9 Å². The number of H-pyrrole nitrogens is 2. The van der Waals surface area contributed by atoms with Gasteiger partial charge >= 0.3 is 0 Å². The van der Waals surface area contributed by atoms with Gasteiger partial charge in [0.25, 0.3) is 0 Å². The monoisotopic (exact) mass is 464 g/mol. The standard InChI is InChI=1S/C26H21FN8/c1-35(2)14-15-9-16(13-28-12-15)17-10-18-22(11-19(17)27)33-34-23(18)26-31-21-6-8-30-24(25(21)32-26)20-5-3-4-7-29-20/h3-13H,14H2,1-2H3,(H,31,32)(H,33,34). The summed E-state index contributed by atoms with van der Waals surface area (Å²) in [4.78, 5) is 23.4. The van der Waals surface area contributed by atoms with Gasteiger partial charge in [-0.1, -0.05) is 6.07 Å². The first kappa shape index (κ1) is 21.1. The quantitative estimate of drug-likeness (QED) is 0.379. The maximum absolute atomic E-state index is 15.1. The molecule has 5 aromatic heterocycles. The van der Waals surface area contributed by atoms with E-state index in [0.29, 0.717) is 45.9 Å². The van der Waals surface area contributed by atoms with Crippen LogP contribution in [0.4, 0.5) is 4.39 Å². The van der Waals surface area contributed by atoms with Gasteiger partial charge in [0.15, 0.2) is 5.82 Å². The summed E-state index contributed by atoms with van der Waals surface area (Å²) in [7, 11) is 3.97. The van der Waals surface area contributed by atoms with Crippen LogP contribution in [-0.2, 0) is 6.54 Å². The number of pyridine rings is 3. The van der Waals surface area contributed by atoms with Gasteiger partial charge in [-0.15, -0.1) is 0 Å². The third-order valence-corrected chi connectivity index (χ3v) is 5.79. The minimum absolute atomic E-state index is 0.345.